The van der Waals surface area contributed by atoms with Gasteiger partial charge in [-0.3, -0.25) is 9.48 Å². The first-order valence-corrected chi connectivity index (χ1v) is 9.96. The van der Waals surface area contributed by atoms with Crippen LogP contribution >= 0.6 is 11.6 Å². The lowest BCUT2D eigenvalue weighted by molar-refractivity contribution is 0.100. The summed E-state index contributed by atoms with van der Waals surface area (Å²) in [7, 11) is 1.81. The molecule has 0 unspecified atom stereocenters. The maximum Gasteiger partial charge on any atom is 0.319 e. The van der Waals surface area contributed by atoms with E-state index in [1.807, 2.05) is 37.4 Å². The lowest BCUT2D eigenvalue weighted by atomic mass is 9.99. The maximum absolute atomic E-state index is 12.4. The Morgan fingerprint density at radius 2 is 1.77 bits per heavy atom. The van der Waals surface area contributed by atoms with Crippen LogP contribution in [0.2, 0.25) is 5.02 Å². The summed E-state index contributed by atoms with van der Waals surface area (Å²) in [5.41, 5.74) is 9.61. The Bertz CT molecular complexity index is 1300. The highest BCUT2D eigenvalue weighted by molar-refractivity contribution is 6.33. The Kier molecular flexibility index (Phi) is 5.60. The third kappa shape index (κ3) is 4.08. The fourth-order valence-corrected chi connectivity index (χ4v) is 3.70. The molecule has 0 aliphatic heterocycles. The normalized spacial score (nSPS) is 10.8. The van der Waals surface area contributed by atoms with E-state index in [2.05, 4.69) is 15.7 Å². The van der Waals surface area contributed by atoms with Crippen molar-refractivity contribution in [3.8, 4) is 11.3 Å². The van der Waals surface area contributed by atoms with E-state index in [0.717, 1.165) is 16.6 Å². The zero-order valence-corrected chi connectivity index (χ0v) is 17.5. The van der Waals surface area contributed by atoms with Gasteiger partial charge in [0.2, 0.25) is 5.91 Å². The zero-order valence-electron chi connectivity index (χ0n) is 16.7. The van der Waals surface area contributed by atoms with Gasteiger partial charge in [0.15, 0.2) is 0 Å². The number of fused-ring (bicyclic) bond motifs is 1. The number of aryl methyl sites for hydroxylation is 1. The number of urea groups is 1. The van der Waals surface area contributed by atoms with Gasteiger partial charge < -0.3 is 16.4 Å². The summed E-state index contributed by atoms with van der Waals surface area (Å²) in [6.45, 7) is 0.253. The number of amides is 3. The monoisotopic (exact) mass is 433 g/mol. The van der Waals surface area contributed by atoms with Crippen LogP contribution in [0.5, 0.6) is 0 Å². The minimum Gasteiger partial charge on any atom is -0.366 e. The molecule has 0 aliphatic carbocycles. The van der Waals surface area contributed by atoms with Crippen molar-refractivity contribution in [3.05, 3.63) is 82.9 Å². The van der Waals surface area contributed by atoms with Crippen molar-refractivity contribution in [2.24, 2.45) is 12.8 Å². The second-order valence-electron chi connectivity index (χ2n) is 6.98. The Hall–Kier alpha value is -3.84. The predicted octanol–water partition coefficient (Wildman–Crippen LogP) is 4.31. The topological polar surface area (TPSA) is 102 Å². The predicted molar refractivity (Wildman–Crippen MR) is 122 cm³/mol. The largest absolute Gasteiger partial charge is 0.366 e. The fraction of sp³-hybridized carbons (Fsp3) is 0.0870. The van der Waals surface area contributed by atoms with E-state index in [9.17, 15) is 9.59 Å². The van der Waals surface area contributed by atoms with Crippen LogP contribution in [-0.4, -0.2) is 21.7 Å². The highest BCUT2D eigenvalue weighted by Crippen LogP contribution is 2.32. The Balaban J connectivity index is 1.65. The Labute approximate surface area is 183 Å². The number of nitrogens with two attached hydrogens (primary N) is 1. The number of nitrogens with one attached hydrogen (secondary N) is 2. The molecule has 4 N–H and O–H groups in total. The highest BCUT2D eigenvalue weighted by atomic mass is 35.5. The van der Waals surface area contributed by atoms with Crippen molar-refractivity contribution in [1.82, 2.24) is 15.1 Å². The molecule has 4 aromatic rings. The molecular weight excluding hydrogens is 414 g/mol. The fourth-order valence-electron chi connectivity index (χ4n) is 3.52. The molecular formula is C23H20ClN5O2. The minimum absolute atomic E-state index is 0.253. The van der Waals surface area contributed by atoms with Gasteiger partial charge in [-0.05, 0) is 29.8 Å². The molecule has 0 aliphatic rings. The molecule has 0 saturated carbocycles. The van der Waals surface area contributed by atoms with Crippen LogP contribution < -0.4 is 16.4 Å². The summed E-state index contributed by atoms with van der Waals surface area (Å²) in [5.74, 6) is -0.519. The quantitative estimate of drug-likeness (QED) is 0.437. The van der Waals surface area contributed by atoms with E-state index in [4.69, 9.17) is 17.3 Å². The molecule has 4 rings (SSSR count). The molecule has 1 heterocycles. The third-order valence-electron chi connectivity index (χ3n) is 4.98. The Morgan fingerprint density at radius 1 is 1.03 bits per heavy atom. The summed E-state index contributed by atoms with van der Waals surface area (Å²) >= 11 is 6.10. The van der Waals surface area contributed by atoms with Crippen molar-refractivity contribution in [1.29, 1.82) is 0 Å². The second kappa shape index (κ2) is 8.49. The molecule has 156 valence electrons. The van der Waals surface area contributed by atoms with Gasteiger partial charge >= 0.3 is 6.03 Å². The van der Waals surface area contributed by atoms with Gasteiger partial charge in [-0.2, -0.15) is 5.10 Å². The van der Waals surface area contributed by atoms with Crippen LogP contribution in [0.15, 0.2) is 66.7 Å². The molecule has 31 heavy (non-hydrogen) atoms. The van der Waals surface area contributed by atoms with Crippen molar-refractivity contribution in [3.63, 3.8) is 0 Å². The number of nitrogens with zero attached hydrogens (tertiary/aromatic N) is 2. The SMILES string of the molecule is Cn1nc(-c2ccccc2CNC(=O)Nc2ccccc2Cl)c2c(C(N)=O)cccc21. The second-order valence-corrected chi connectivity index (χ2v) is 7.39. The van der Waals surface area contributed by atoms with Gasteiger partial charge in [-0.1, -0.05) is 54.1 Å². The minimum atomic E-state index is -0.519. The number of hydrogen-bond acceptors (Lipinski definition) is 3. The average molecular weight is 434 g/mol. The average Bonchev–Trinajstić information content (AvgIpc) is 3.10. The molecule has 0 saturated heterocycles. The maximum atomic E-state index is 12.4. The molecule has 3 aromatic carbocycles. The highest BCUT2D eigenvalue weighted by Gasteiger charge is 2.19. The number of halogens is 1. The van der Waals surface area contributed by atoms with Crippen molar-refractivity contribution >= 4 is 40.1 Å². The van der Waals surface area contributed by atoms with Crippen LogP contribution in [0, 0.1) is 0 Å². The van der Waals surface area contributed by atoms with Gasteiger partial charge in [0.25, 0.3) is 0 Å². The number of carbonyl (C=O) groups is 2. The summed E-state index contributed by atoms with van der Waals surface area (Å²) in [4.78, 5) is 24.4. The molecule has 7 nitrogen and oxygen atoms in total. The van der Waals surface area contributed by atoms with E-state index in [0.29, 0.717) is 27.4 Å². The van der Waals surface area contributed by atoms with Gasteiger partial charge in [0.05, 0.1) is 21.8 Å². The molecule has 1 aromatic heterocycles. The van der Waals surface area contributed by atoms with Gasteiger partial charge in [-0.15, -0.1) is 0 Å². The van der Waals surface area contributed by atoms with Crippen molar-refractivity contribution in [2.45, 2.75) is 6.54 Å². The van der Waals surface area contributed by atoms with Crippen LogP contribution in [0.25, 0.3) is 22.2 Å². The number of hydrogen-bond donors (Lipinski definition) is 3. The molecule has 0 bridgehead atoms. The Morgan fingerprint density at radius 3 is 2.55 bits per heavy atom. The van der Waals surface area contributed by atoms with Gasteiger partial charge in [0.1, 0.15) is 5.69 Å². The number of rotatable bonds is 5. The van der Waals surface area contributed by atoms with Crippen LogP contribution in [-0.2, 0) is 13.6 Å². The molecule has 0 spiro atoms. The standard InChI is InChI=1S/C23H20ClN5O2/c1-29-19-12-6-9-16(22(25)30)20(19)21(28-29)15-8-3-2-7-14(15)13-26-23(31)27-18-11-5-4-10-17(18)24/h2-12H,13H2,1H3,(H2,25,30)(H2,26,27,31). The summed E-state index contributed by atoms with van der Waals surface area (Å²) in [6, 6.07) is 19.6. The first-order chi connectivity index (χ1) is 15.0. The molecule has 0 radical (unpaired) electrons. The molecule has 0 atom stereocenters. The number of aromatic nitrogens is 2. The lowest BCUT2D eigenvalue weighted by Crippen LogP contribution is -2.28. The third-order valence-corrected chi connectivity index (χ3v) is 5.31. The van der Waals surface area contributed by atoms with Crippen molar-refractivity contribution < 1.29 is 9.59 Å². The van der Waals surface area contributed by atoms with Crippen LogP contribution in [0.1, 0.15) is 15.9 Å². The number of primary amides is 1. The van der Waals surface area contributed by atoms with E-state index in [1.54, 1.807) is 41.1 Å². The van der Waals surface area contributed by atoms with Crippen LogP contribution in [0.4, 0.5) is 10.5 Å². The number of anilines is 1. The molecule has 3 amide bonds. The van der Waals surface area contributed by atoms with E-state index in [1.165, 1.54) is 0 Å². The first kappa shape index (κ1) is 20.4. The number of benzene rings is 3. The van der Waals surface area contributed by atoms with E-state index in [-0.39, 0.29) is 12.6 Å². The zero-order chi connectivity index (χ0) is 22.0. The number of carbonyl (C=O) groups excluding carboxylic acids is 2. The van der Waals surface area contributed by atoms with Gasteiger partial charge in [0, 0.05) is 24.5 Å². The summed E-state index contributed by atoms with van der Waals surface area (Å²) < 4.78 is 1.71. The van der Waals surface area contributed by atoms with Crippen LogP contribution in [0.3, 0.4) is 0 Å². The van der Waals surface area contributed by atoms with Gasteiger partial charge in [-0.25, -0.2) is 4.79 Å². The van der Waals surface area contributed by atoms with Crippen molar-refractivity contribution in [2.75, 3.05) is 5.32 Å². The molecule has 8 heteroatoms. The van der Waals surface area contributed by atoms with E-state index >= 15 is 0 Å². The first-order valence-electron chi connectivity index (χ1n) is 9.59. The summed E-state index contributed by atoms with van der Waals surface area (Å²) in [5, 5.41) is 11.4. The lowest BCUT2D eigenvalue weighted by Gasteiger charge is -2.12. The summed E-state index contributed by atoms with van der Waals surface area (Å²) in [6.07, 6.45) is 0. The molecule has 0 fully saturated rings. The smallest absolute Gasteiger partial charge is 0.319 e. The van der Waals surface area contributed by atoms with E-state index < -0.39 is 5.91 Å². The number of para-hydroxylation sites is 1.